The van der Waals surface area contributed by atoms with Crippen LogP contribution in [-0.2, 0) is 18.4 Å². The van der Waals surface area contributed by atoms with Crippen LogP contribution in [-0.4, -0.2) is 39.7 Å². The Labute approximate surface area is 212 Å². The predicted molar refractivity (Wildman–Crippen MR) is 133 cm³/mol. The fourth-order valence-electron chi connectivity index (χ4n) is 3.82. The van der Waals surface area contributed by atoms with Crippen LogP contribution >= 0.6 is 11.3 Å². The largest absolute Gasteiger partial charge is 0.361 e. The second kappa shape index (κ2) is 9.20. The number of fused-ring (bicyclic) bond motifs is 1. The van der Waals surface area contributed by atoms with Gasteiger partial charge < -0.3 is 14.4 Å². The topological polar surface area (TPSA) is 143 Å². The number of rotatable bonds is 6. The van der Waals surface area contributed by atoms with Crippen molar-refractivity contribution in [1.29, 1.82) is 0 Å². The van der Waals surface area contributed by atoms with Gasteiger partial charge in [-0.05, 0) is 26.8 Å². The molecule has 0 saturated carbocycles. The summed E-state index contributed by atoms with van der Waals surface area (Å²) in [5.41, 5.74) is 0.236. The van der Waals surface area contributed by atoms with Crippen LogP contribution in [0.1, 0.15) is 30.1 Å². The molecular weight excluding hydrogens is 503 g/mol. The first-order valence-electron chi connectivity index (χ1n) is 11.1. The van der Waals surface area contributed by atoms with E-state index >= 15 is 0 Å². The van der Waals surface area contributed by atoms with Crippen LogP contribution in [0.25, 0.3) is 21.7 Å². The van der Waals surface area contributed by atoms with E-state index in [2.05, 4.69) is 25.4 Å². The van der Waals surface area contributed by atoms with Gasteiger partial charge in [-0.2, -0.15) is 0 Å². The highest BCUT2D eigenvalue weighted by Gasteiger charge is 2.24. The Bertz CT molecular complexity index is 1780. The molecule has 1 N–H and O–H groups in total. The third kappa shape index (κ3) is 4.35. The molecule has 190 valence electrons. The molecular formula is C23H21FN8O4S. The minimum atomic E-state index is -0.874. The van der Waals surface area contributed by atoms with Gasteiger partial charge in [-0.1, -0.05) is 5.16 Å². The van der Waals surface area contributed by atoms with Gasteiger partial charge in [-0.25, -0.2) is 19.2 Å². The second-order valence-corrected chi connectivity index (χ2v) is 9.34. The molecule has 12 nitrogen and oxygen atoms in total. The highest BCUT2D eigenvalue weighted by atomic mass is 32.1. The van der Waals surface area contributed by atoms with Crippen LogP contribution < -0.4 is 16.6 Å². The molecule has 1 atom stereocenters. The van der Waals surface area contributed by atoms with Gasteiger partial charge in [0.05, 0.1) is 18.6 Å². The Kier molecular flexibility index (Phi) is 6.03. The van der Waals surface area contributed by atoms with E-state index in [1.807, 2.05) is 0 Å². The van der Waals surface area contributed by atoms with Crippen molar-refractivity contribution in [3.05, 3.63) is 73.8 Å². The fraction of sp³-hybridized carbons (Fsp3) is 0.261. The normalized spacial score (nSPS) is 12.2. The monoisotopic (exact) mass is 524 g/mol. The Hall–Kier alpha value is -4.46. The van der Waals surface area contributed by atoms with E-state index < -0.39 is 29.0 Å². The molecule has 14 heteroatoms. The summed E-state index contributed by atoms with van der Waals surface area (Å²) in [5, 5.41) is 8.68. The quantitative estimate of drug-likeness (QED) is 0.357. The first-order chi connectivity index (χ1) is 17.6. The van der Waals surface area contributed by atoms with Crippen LogP contribution in [0.15, 0.2) is 44.1 Å². The van der Waals surface area contributed by atoms with E-state index in [0.29, 0.717) is 22.0 Å². The van der Waals surface area contributed by atoms with Crippen LogP contribution in [0.3, 0.4) is 0 Å². The average molecular weight is 525 g/mol. The molecule has 5 aromatic rings. The van der Waals surface area contributed by atoms with Gasteiger partial charge in [0, 0.05) is 30.3 Å². The van der Waals surface area contributed by atoms with Gasteiger partial charge in [-0.3, -0.25) is 23.7 Å². The molecule has 0 aliphatic heterocycles. The maximum Gasteiger partial charge on any atom is 0.332 e. The van der Waals surface area contributed by atoms with Crippen molar-refractivity contribution in [3.8, 4) is 10.6 Å². The molecule has 5 aromatic heterocycles. The van der Waals surface area contributed by atoms with E-state index in [1.165, 1.54) is 46.1 Å². The second-order valence-electron chi connectivity index (χ2n) is 8.48. The number of nitrogens with one attached hydrogen (secondary N) is 1. The molecule has 5 heterocycles. The number of hydrogen-bond donors (Lipinski definition) is 1. The minimum absolute atomic E-state index is 0.0881. The molecule has 0 spiro atoms. The van der Waals surface area contributed by atoms with Crippen molar-refractivity contribution < 1.29 is 13.7 Å². The van der Waals surface area contributed by atoms with Crippen molar-refractivity contribution in [3.63, 3.8) is 0 Å². The Morgan fingerprint density at radius 3 is 2.73 bits per heavy atom. The molecule has 0 saturated heterocycles. The lowest BCUT2D eigenvalue weighted by Crippen LogP contribution is -2.40. The van der Waals surface area contributed by atoms with E-state index in [9.17, 15) is 18.8 Å². The number of amides is 1. The Morgan fingerprint density at radius 2 is 2.03 bits per heavy atom. The summed E-state index contributed by atoms with van der Waals surface area (Å²) >= 11 is 1.22. The van der Waals surface area contributed by atoms with Crippen LogP contribution in [0, 0.1) is 19.7 Å². The van der Waals surface area contributed by atoms with E-state index in [0.717, 1.165) is 4.57 Å². The zero-order valence-corrected chi connectivity index (χ0v) is 21.0. The lowest BCUT2D eigenvalue weighted by atomic mass is 10.2. The number of hydrogen-bond acceptors (Lipinski definition) is 9. The van der Waals surface area contributed by atoms with E-state index in [1.54, 1.807) is 32.2 Å². The lowest BCUT2D eigenvalue weighted by molar-refractivity contribution is -0.118. The average Bonchev–Trinajstić information content (AvgIpc) is 3.61. The summed E-state index contributed by atoms with van der Waals surface area (Å²) in [6, 6.07) is 2.09. The molecule has 5 rings (SSSR count). The number of carbonyl (C=O) groups excluding carboxylic acids is 1. The molecule has 0 aromatic carbocycles. The van der Waals surface area contributed by atoms with Crippen LogP contribution in [0.4, 0.5) is 10.2 Å². The summed E-state index contributed by atoms with van der Waals surface area (Å²) in [4.78, 5) is 51.8. The molecule has 37 heavy (non-hydrogen) atoms. The fourth-order valence-corrected chi connectivity index (χ4v) is 4.55. The summed E-state index contributed by atoms with van der Waals surface area (Å²) in [6.45, 7) is 4.77. The SMILES string of the molecule is Cc1cc(Cn2c(=O)c3c(ncn3[C@@H](C)C(=O)Nc3csc(-c4cnc(C)c(F)c4)n3)n(C)c2=O)no1. The number of aryl methyl sites for hydroxylation is 3. The number of anilines is 1. The maximum absolute atomic E-state index is 13.9. The van der Waals surface area contributed by atoms with Crippen molar-refractivity contribution in [2.24, 2.45) is 7.05 Å². The highest BCUT2D eigenvalue weighted by Crippen LogP contribution is 2.27. The molecule has 0 radical (unpaired) electrons. The van der Waals surface area contributed by atoms with Gasteiger partial charge >= 0.3 is 5.69 Å². The number of aromatic nitrogens is 7. The third-order valence-corrected chi connectivity index (χ3v) is 6.77. The zero-order chi connectivity index (χ0) is 26.4. The number of imidazole rings is 1. The maximum atomic E-state index is 13.9. The van der Waals surface area contributed by atoms with Gasteiger partial charge in [-0.15, -0.1) is 11.3 Å². The molecule has 1 amide bonds. The van der Waals surface area contributed by atoms with Crippen molar-refractivity contribution in [1.82, 2.24) is 33.8 Å². The number of nitrogens with zero attached hydrogens (tertiary/aromatic N) is 7. The first kappa shape index (κ1) is 24.2. The number of halogens is 1. The van der Waals surface area contributed by atoms with Gasteiger partial charge in [0.2, 0.25) is 5.91 Å². The summed E-state index contributed by atoms with van der Waals surface area (Å²) in [7, 11) is 1.50. The van der Waals surface area contributed by atoms with Gasteiger partial charge in [0.25, 0.3) is 5.56 Å². The highest BCUT2D eigenvalue weighted by molar-refractivity contribution is 7.13. The number of pyridine rings is 1. The zero-order valence-electron chi connectivity index (χ0n) is 20.2. The van der Waals surface area contributed by atoms with Crippen molar-refractivity contribution in [2.45, 2.75) is 33.4 Å². The molecule has 0 fully saturated rings. The smallest absolute Gasteiger partial charge is 0.332 e. The first-order valence-corrected chi connectivity index (χ1v) is 12.0. The van der Waals surface area contributed by atoms with Gasteiger partial charge in [0.15, 0.2) is 11.2 Å². The Morgan fingerprint density at radius 1 is 1.24 bits per heavy atom. The summed E-state index contributed by atoms with van der Waals surface area (Å²) < 4.78 is 22.6. The van der Waals surface area contributed by atoms with E-state index in [-0.39, 0.29) is 29.2 Å². The summed E-state index contributed by atoms with van der Waals surface area (Å²) in [5.74, 6) is -0.0901. The minimum Gasteiger partial charge on any atom is -0.361 e. The Balaban J connectivity index is 1.44. The number of carbonyl (C=O) groups is 1. The van der Waals surface area contributed by atoms with E-state index in [4.69, 9.17) is 4.52 Å². The van der Waals surface area contributed by atoms with Crippen LogP contribution in [0.2, 0.25) is 0 Å². The molecule has 0 aliphatic carbocycles. The predicted octanol–water partition coefficient (Wildman–Crippen LogP) is 2.41. The third-order valence-electron chi connectivity index (χ3n) is 5.88. The van der Waals surface area contributed by atoms with Crippen molar-refractivity contribution in [2.75, 3.05) is 5.32 Å². The van der Waals surface area contributed by atoms with Gasteiger partial charge in [0.1, 0.15) is 34.1 Å². The van der Waals surface area contributed by atoms with Crippen molar-refractivity contribution >= 4 is 34.2 Å². The molecule has 0 aliphatic rings. The summed E-state index contributed by atoms with van der Waals surface area (Å²) in [6.07, 6.45) is 2.85. The molecule has 0 bridgehead atoms. The standard InChI is InChI=1S/C23H21FN8O4S/c1-11-5-15(29-36-11)8-31-22(34)18-19(30(4)23(31)35)26-10-32(18)13(3)20(33)27-17-9-37-21(28-17)14-6-16(24)12(2)25-7-14/h5-7,9-10,13H,8H2,1-4H3,(H,27,33)/t13-/m0/s1. The molecule has 0 unspecified atom stereocenters. The lowest BCUT2D eigenvalue weighted by Gasteiger charge is -2.14. The number of thiazole rings is 1. The van der Waals surface area contributed by atoms with Crippen LogP contribution in [0.5, 0.6) is 0 Å².